The molecule has 4 heteroatoms. The van der Waals surface area contributed by atoms with Crippen LogP contribution in [0.25, 0.3) is 0 Å². The summed E-state index contributed by atoms with van der Waals surface area (Å²) < 4.78 is 11.9. The van der Waals surface area contributed by atoms with E-state index in [1.54, 1.807) is 0 Å². The molecule has 1 fully saturated rings. The third-order valence-electron chi connectivity index (χ3n) is 3.94. The van der Waals surface area contributed by atoms with E-state index in [1.807, 2.05) is 32.8 Å². The fraction of sp³-hybridized carbons (Fsp3) is 0.824. The molecule has 0 bridgehead atoms. The number of rotatable bonds is 5. The molecule has 4 atom stereocenters. The van der Waals surface area contributed by atoms with E-state index in [0.717, 1.165) is 6.42 Å². The van der Waals surface area contributed by atoms with Crippen LogP contribution in [0.4, 0.5) is 0 Å². The average molecular weight is 295 g/mol. The third-order valence-corrected chi connectivity index (χ3v) is 3.94. The lowest BCUT2D eigenvalue weighted by Crippen LogP contribution is -2.57. The lowest BCUT2D eigenvalue weighted by molar-refractivity contribution is -0.161. The molecule has 0 aromatic carbocycles. The summed E-state index contributed by atoms with van der Waals surface area (Å²) in [6.45, 7) is 9.80. The summed E-state index contributed by atoms with van der Waals surface area (Å²) in [5.41, 5.74) is -1.02. The maximum absolute atomic E-state index is 11.6. The predicted molar refractivity (Wildman–Crippen MR) is 83.8 cm³/mol. The Bertz CT molecular complexity index is 411. The standard InChI is InChI=1S/C17H29NO3/c1-9-17(21-13(6)19)15(18(7)8)14(10-11(2)3)20-16(17)12(4)5/h1,11-12,14-16H,10H2,2-8H3/t14-,15-,16+,17-/m1/s1. The summed E-state index contributed by atoms with van der Waals surface area (Å²) in [5, 5.41) is 0. The number of hydrogen-bond acceptors (Lipinski definition) is 4. The van der Waals surface area contributed by atoms with E-state index in [2.05, 4.69) is 19.8 Å². The van der Waals surface area contributed by atoms with Crippen molar-refractivity contribution in [2.45, 2.75) is 64.9 Å². The van der Waals surface area contributed by atoms with Gasteiger partial charge in [-0.25, -0.2) is 0 Å². The fourth-order valence-electron chi connectivity index (χ4n) is 3.38. The van der Waals surface area contributed by atoms with E-state index in [0.29, 0.717) is 5.92 Å². The summed E-state index contributed by atoms with van der Waals surface area (Å²) in [4.78, 5) is 13.7. The van der Waals surface area contributed by atoms with E-state index < -0.39 is 5.60 Å². The molecule has 0 aliphatic carbocycles. The van der Waals surface area contributed by atoms with Gasteiger partial charge in [-0.15, -0.1) is 6.42 Å². The van der Waals surface area contributed by atoms with Crippen molar-refractivity contribution >= 4 is 5.97 Å². The zero-order chi connectivity index (χ0) is 16.4. The van der Waals surface area contributed by atoms with Crippen molar-refractivity contribution < 1.29 is 14.3 Å². The van der Waals surface area contributed by atoms with Crippen LogP contribution in [0.2, 0.25) is 0 Å². The van der Waals surface area contributed by atoms with Gasteiger partial charge in [-0.3, -0.25) is 9.69 Å². The van der Waals surface area contributed by atoms with Crippen LogP contribution in [0.5, 0.6) is 0 Å². The van der Waals surface area contributed by atoms with E-state index >= 15 is 0 Å². The number of ether oxygens (including phenoxy) is 2. The molecule has 1 aliphatic rings. The van der Waals surface area contributed by atoms with Crippen LogP contribution in [-0.2, 0) is 14.3 Å². The fourth-order valence-corrected chi connectivity index (χ4v) is 3.38. The Balaban J connectivity index is 3.29. The van der Waals surface area contributed by atoms with E-state index in [-0.39, 0.29) is 30.1 Å². The summed E-state index contributed by atoms with van der Waals surface area (Å²) in [6.07, 6.45) is 6.39. The van der Waals surface area contributed by atoms with Crippen molar-refractivity contribution in [3.63, 3.8) is 0 Å². The van der Waals surface area contributed by atoms with Gasteiger partial charge in [-0.05, 0) is 32.4 Å². The third kappa shape index (κ3) is 3.59. The Labute approximate surface area is 129 Å². The van der Waals surface area contributed by atoms with Crippen molar-refractivity contribution in [3.8, 4) is 12.3 Å². The van der Waals surface area contributed by atoms with E-state index in [9.17, 15) is 4.79 Å². The van der Waals surface area contributed by atoms with Crippen LogP contribution in [0.15, 0.2) is 0 Å². The van der Waals surface area contributed by atoms with Crippen molar-refractivity contribution in [1.82, 2.24) is 4.90 Å². The molecule has 1 aliphatic heterocycles. The van der Waals surface area contributed by atoms with Crippen molar-refractivity contribution in [2.24, 2.45) is 11.8 Å². The first-order valence-corrected chi connectivity index (χ1v) is 7.64. The maximum Gasteiger partial charge on any atom is 0.304 e. The van der Waals surface area contributed by atoms with Crippen LogP contribution in [0.1, 0.15) is 41.0 Å². The van der Waals surface area contributed by atoms with Crippen LogP contribution in [0.3, 0.4) is 0 Å². The molecule has 0 saturated carbocycles. The molecule has 4 nitrogen and oxygen atoms in total. The lowest BCUT2D eigenvalue weighted by Gasteiger charge is -2.38. The molecule has 0 unspecified atom stereocenters. The van der Waals surface area contributed by atoms with E-state index in [4.69, 9.17) is 15.9 Å². The number of carbonyl (C=O) groups excluding carboxylic acids is 1. The highest BCUT2D eigenvalue weighted by Gasteiger charge is 2.60. The SMILES string of the molecule is C#C[C@]1(OC(C)=O)[C@H](C(C)C)O[C@H](CC(C)C)[C@H]1N(C)C. The molecular formula is C17H29NO3. The van der Waals surface area contributed by atoms with Crippen molar-refractivity contribution in [3.05, 3.63) is 0 Å². The zero-order valence-corrected chi connectivity index (χ0v) is 14.3. The van der Waals surface area contributed by atoms with Crippen molar-refractivity contribution in [2.75, 3.05) is 14.1 Å². The molecule has 0 aromatic rings. The van der Waals surface area contributed by atoms with Gasteiger partial charge in [0.1, 0.15) is 6.10 Å². The average Bonchev–Trinajstić information content (AvgIpc) is 2.62. The number of carbonyl (C=O) groups is 1. The molecule has 0 N–H and O–H groups in total. The number of hydrogen-bond donors (Lipinski definition) is 0. The van der Waals surface area contributed by atoms with Gasteiger partial charge in [0.25, 0.3) is 0 Å². The number of likely N-dealkylation sites (N-methyl/N-ethyl adjacent to an activating group) is 1. The van der Waals surface area contributed by atoms with Gasteiger partial charge in [0.15, 0.2) is 0 Å². The number of terminal acetylenes is 1. The summed E-state index contributed by atoms with van der Waals surface area (Å²) >= 11 is 0. The van der Waals surface area contributed by atoms with Gasteiger partial charge in [-0.1, -0.05) is 33.6 Å². The Hall–Kier alpha value is -1.05. The minimum Gasteiger partial charge on any atom is -0.441 e. The van der Waals surface area contributed by atoms with Gasteiger partial charge in [0.2, 0.25) is 5.60 Å². The molecular weight excluding hydrogens is 266 g/mol. The van der Waals surface area contributed by atoms with Gasteiger partial charge in [0.05, 0.1) is 12.1 Å². The second-order valence-corrected chi connectivity index (χ2v) is 6.91. The first-order chi connectivity index (χ1) is 9.65. The van der Waals surface area contributed by atoms with Crippen LogP contribution in [-0.4, -0.2) is 48.8 Å². The zero-order valence-electron chi connectivity index (χ0n) is 14.3. The number of esters is 1. The van der Waals surface area contributed by atoms with Gasteiger partial charge in [0, 0.05) is 6.92 Å². The maximum atomic E-state index is 11.6. The van der Waals surface area contributed by atoms with Crippen LogP contribution < -0.4 is 0 Å². The van der Waals surface area contributed by atoms with E-state index in [1.165, 1.54) is 6.92 Å². The smallest absolute Gasteiger partial charge is 0.304 e. The van der Waals surface area contributed by atoms with Crippen molar-refractivity contribution in [1.29, 1.82) is 0 Å². The molecule has 21 heavy (non-hydrogen) atoms. The minimum atomic E-state index is -1.02. The second-order valence-electron chi connectivity index (χ2n) is 6.91. The van der Waals surface area contributed by atoms with Gasteiger partial charge >= 0.3 is 5.97 Å². The quantitative estimate of drug-likeness (QED) is 0.576. The van der Waals surface area contributed by atoms with Crippen LogP contribution in [0, 0.1) is 24.2 Å². The summed E-state index contributed by atoms with van der Waals surface area (Å²) in [6, 6.07) is -0.138. The molecule has 120 valence electrons. The molecule has 1 heterocycles. The summed E-state index contributed by atoms with van der Waals surface area (Å²) in [5.74, 6) is 3.05. The first-order valence-electron chi connectivity index (χ1n) is 7.64. The molecule has 0 radical (unpaired) electrons. The van der Waals surface area contributed by atoms with Gasteiger partial charge in [-0.2, -0.15) is 0 Å². The Morgan fingerprint density at radius 2 is 1.95 bits per heavy atom. The monoisotopic (exact) mass is 295 g/mol. The minimum absolute atomic E-state index is 0.0391. The molecule has 1 saturated heterocycles. The Morgan fingerprint density at radius 1 is 1.38 bits per heavy atom. The highest BCUT2D eigenvalue weighted by molar-refractivity contribution is 5.67. The predicted octanol–water partition coefficient (Wildman–Crippen LogP) is 2.32. The Kier molecular flexibility index (Phi) is 5.83. The van der Waals surface area contributed by atoms with Gasteiger partial charge < -0.3 is 9.47 Å². The van der Waals surface area contributed by atoms with Crippen LogP contribution >= 0.6 is 0 Å². The molecule has 0 aromatic heterocycles. The highest BCUT2D eigenvalue weighted by atomic mass is 16.6. The Morgan fingerprint density at radius 3 is 2.29 bits per heavy atom. The number of nitrogens with zero attached hydrogens (tertiary/aromatic N) is 1. The highest BCUT2D eigenvalue weighted by Crippen LogP contribution is 2.42. The topological polar surface area (TPSA) is 38.8 Å². The normalized spacial score (nSPS) is 32.7. The first kappa shape index (κ1) is 18.0. The largest absolute Gasteiger partial charge is 0.441 e. The second kappa shape index (κ2) is 6.81. The summed E-state index contributed by atoms with van der Waals surface area (Å²) in [7, 11) is 3.92. The molecule has 1 rings (SSSR count). The molecule has 0 amide bonds. The molecule has 0 spiro atoms. The lowest BCUT2D eigenvalue weighted by atomic mass is 9.82.